The number of amidine groups is 1. The van der Waals surface area contributed by atoms with E-state index in [-0.39, 0.29) is 0 Å². The highest BCUT2D eigenvalue weighted by molar-refractivity contribution is 8.14. The van der Waals surface area contributed by atoms with Crippen molar-refractivity contribution in [3.8, 4) is 6.19 Å². The van der Waals surface area contributed by atoms with E-state index in [0.717, 1.165) is 17.5 Å². The molecule has 3 nitrogen and oxygen atoms in total. The highest BCUT2D eigenvalue weighted by Crippen LogP contribution is 2.14. The summed E-state index contributed by atoms with van der Waals surface area (Å²) in [6.07, 6.45) is 1.77. The number of hydrogen-bond acceptors (Lipinski definition) is 3. The van der Waals surface area contributed by atoms with Crippen molar-refractivity contribution in [1.29, 1.82) is 5.26 Å². The molecule has 0 amide bonds. The zero-order valence-electron chi connectivity index (χ0n) is 5.16. The van der Waals surface area contributed by atoms with Crippen LogP contribution in [0.15, 0.2) is 4.99 Å². The van der Waals surface area contributed by atoms with E-state index in [2.05, 4.69) is 4.99 Å². The van der Waals surface area contributed by atoms with Crippen LogP contribution in [0.1, 0.15) is 0 Å². The van der Waals surface area contributed by atoms with Crippen LogP contribution in [-0.2, 0) is 0 Å². The molecule has 0 atom stereocenters. The Morgan fingerprint density at radius 3 is 3.11 bits per heavy atom. The van der Waals surface area contributed by atoms with E-state index in [0.29, 0.717) is 0 Å². The lowest BCUT2D eigenvalue weighted by Crippen LogP contribution is -2.17. The van der Waals surface area contributed by atoms with Gasteiger partial charge in [-0.3, -0.25) is 0 Å². The monoisotopic (exact) mass is 141 g/mol. The van der Waals surface area contributed by atoms with Gasteiger partial charge in [-0.1, -0.05) is 11.8 Å². The molecule has 1 fully saturated rings. The van der Waals surface area contributed by atoms with Gasteiger partial charge in [0, 0.05) is 19.3 Å². The van der Waals surface area contributed by atoms with E-state index in [1.807, 2.05) is 11.9 Å². The Morgan fingerprint density at radius 1 is 1.89 bits per heavy atom. The molecule has 0 aromatic heterocycles. The van der Waals surface area contributed by atoms with Crippen LogP contribution >= 0.6 is 11.8 Å². The molecule has 0 radical (unpaired) electrons. The van der Waals surface area contributed by atoms with E-state index in [9.17, 15) is 0 Å². The van der Waals surface area contributed by atoms with Crippen molar-refractivity contribution in [1.82, 2.24) is 4.90 Å². The van der Waals surface area contributed by atoms with E-state index in [4.69, 9.17) is 5.26 Å². The summed E-state index contributed by atoms with van der Waals surface area (Å²) < 4.78 is 0. The highest BCUT2D eigenvalue weighted by Gasteiger charge is 2.13. The second kappa shape index (κ2) is 2.74. The van der Waals surface area contributed by atoms with Gasteiger partial charge in [-0.15, -0.1) is 4.99 Å². The van der Waals surface area contributed by atoms with Crippen LogP contribution in [0.3, 0.4) is 0 Å². The summed E-state index contributed by atoms with van der Waals surface area (Å²) in [4.78, 5) is 5.60. The Kier molecular flexibility index (Phi) is 1.96. The first-order valence-corrected chi connectivity index (χ1v) is 3.64. The molecule has 0 aromatic carbocycles. The fourth-order valence-electron chi connectivity index (χ4n) is 0.640. The minimum Gasteiger partial charge on any atom is -0.353 e. The molecule has 0 aliphatic carbocycles. The Morgan fingerprint density at radius 2 is 2.67 bits per heavy atom. The van der Waals surface area contributed by atoms with Gasteiger partial charge in [-0.25, -0.2) is 0 Å². The summed E-state index contributed by atoms with van der Waals surface area (Å²) in [5, 5.41) is 9.01. The quantitative estimate of drug-likeness (QED) is 0.461. The molecule has 1 heterocycles. The molecule has 9 heavy (non-hydrogen) atoms. The Hall–Kier alpha value is -0.690. The van der Waals surface area contributed by atoms with Gasteiger partial charge in [0.15, 0.2) is 5.17 Å². The van der Waals surface area contributed by atoms with Gasteiger partial charge in [0.2, 0.25) is 6.19 Å². The largest absolute Gasteiger partial charge is 0.353 e. The first-order chi connectivity index (χ1) is 4.34. The molecule has 1 aliphatic heterocycles. The molecule has 0 N–H and O–H groups in total. The molecule has 0 spiro atoms. The average Bonchev–Trinajstić information content (AvgIpc) is 2.18. The zero-order chi connectivity index (χ0) is 6.69. The third-order valence-electron chi connectivity index (χ3n) is 1.13. The van der Waals surface area contributed by atoms with Crippen LogP contribution in [0, 0.1) is 11.5 Å². The highest BCUT2D eigenvalue weighted by atomic mass is 32.2. The molecule has 0 saturated carbocycles. The van der Waals surface area contributed by atoms with Crippen molar-refractivity contribution in [2.24, 2.45) is 4.99 Å². The van der Waals surface area contributed by atoms with E-state index in [1.54, 1.807) is 18.0 Å². The van der Waals surface area contributed by atoms with Crippen LogP contribution < -0.4 is 0 Å². The third kappa shape index (κ3) is 1.36. The topological polar surface area (TPSA) is 39.4 Å². The molecule has 0 aromatic rings. The van der Waals surface area contributed by atoms with Gasteiger partial charge in [-0.05, 0) is 0 Å². The van der Waals surface area contributed by atoms with Gasteiger partial charge in [0.05, 0.1) is 0 Å². The Bertz CT molecular complexity index is 170. The molecule has 1 aliphatic rings. The predicted octanol–water partition coefficient (Wildman–Crippen LogP) is 0.502. The minimum atomic E-state index is 0.845. The van der Waals surface area contributed by atoms with Crippen molar-refractivity contribution < 1.29 is 0 Å². The standard InChI is InChI=1S/C5H7N3S/c1-8-2-3-9-5(8)7-4-6/h2-3H2,1H3/b7-5-. The van der Waals surface area contributed by atoms with Gasteiger partial charge in [0.1, 0.15) is 0 Å². The molecule has 4 heteroatoms. The number of hydrogen-bond donors (Lipinski definition) is 0. The van der Waals surface area contributed by atoms with E-state index < -0.39 is 0 Å². The number of nitriles is 1. The van der Waals surface area contributed by atoms with Crippen LogP contribution in [0.2, 0.25) is 0 Å². The lowest BCUT2D eigenvalue weighted by molar-refractivity contribution is 0.563. The summed E-state index contributed by atoms with van der Waals surface area (Å²) in [6, 6.07) is 0. The number of aliphatic imine (C=N–C) groups is 1. The summed E-state index contributed by atoms with van der Waals surface area (Å²) >= 11 is 1.63. The summed E-state index contributed by atoms with van der Waals surface area (Å²) in [6.45, 7) is 1.01. The van der Waals surface area contributed by atoms with Crippen molar-refractivity contribution >= 4 is 16.9 Å². The maximum Gasteiger partial charge on any atom is 0.208 e. The molecule has 0 bridgehead atoms. The van der Waals surface area contributed by atoms with E-state index >= 15 is 0 Å². The lowest BCUT2D eigenvalue weighted by atomic mass is 10.7. The molecular formula is C5H7N3S. The second-order valence-corrected chi connectivity index (χ2v) is 2.83. The fraction of sp³-hybridized carbons (Fsp3) is 0.600. The summed E-state index contributed by atoms with van der Waals surface area (Å²) in [7, 11) is 1.94. The first kappa shape index (κ1) is 6.43. The van der Waals surface area contributed by atoms with Crippen molar-refractivity contribution in [3.05, 3.63) is 0 Å². The van der Waals surface area contributed by atoms with Crippen LogP contribution in [0.4, 0.5) is 0 Å². The lowest BCUT2D eigenvalue weighted by Gasteiger charge is -2.06. The Labute approximate surface area is 58.4 Å². The first-order valence-electron chi connectivity index (χ1n) is 2.65. The van der Waals surface area contributed by atoms with Crippen molar-refractivity contribution in [2.75, 3.05) is 19.3 Å². The molecular weight excluding hydrogens is 134 g/mol. The predicted molar refractivity (Wildman–Crippen MR) is 38.1 cm³/mol. The SMILES string of the molecule is CN1CCS/C1=N\C#N. The Balaban J connectivity index is 2.62. The van der Waals surface area contributed by atoms with Crippen LogP contribution in [0.25, 0.3) is 0 Å². The number of thioether (sulfide) groups is 1. The molecule has 1 rings (SSSR count). The average molecular weight is 141 g/mol. The zero-order valence-corrected chi connectivity index (χ0v) is 5.98. The normalized spacial score (nSPS) is 22.7. The van der Waals surface area contributed by atoms with Gasteiger partial charge in [-0.2, -0.15) is 5.26 Å². The molecule has 0 unspecified atom stereocenters. The fourth-order valence-corrected chi connectivity index (χ4v) is 1.60. The van der Waals surface area contributed by atoms with Crippen molar-refractivity contribution in [3.63, 3.8) is 0 Å². The van der Waals surface area contributed by atoms with Gasteiger partial charge < -0.3 is 4.90 Å². The number of rotatable bonds is 0. The van der Waals surface area contributed by atoms with Crippen LogP contribution in [-0.4, -0.2) is 29.4 Å². The van der Waals surface area contributed by atoms with Crippen molar-refractivity contribution in [2.45, 2.75) is 0 Å². The summed E-state index contributed by atoms with van der Waals surface area (Å²) in [5.74, 6) is 1.05. The smallest absolute Gasteiger partial charge is 0.208 e. The summed E-state index contributed by atoms with van der Waals surface area (Å²) in [5.41, 5.74) is 0. The maximum atomic E-state index is 8.17. The van der Waals surface area contributed by atoms with Gasteiger partial charge in [0.25, 0.3) is 0 Å². The minimum absolute atomic E-state index is 0.845. The van der Waals surface area contributed by atoms with Gasteiger partial charge >= 0.3 is 0 Å². The molecule has 48 valence electrons. The molecule has 1 saturated heterocycles. The van der Waals surface area contributed by atoms with Crippen LogP contribution in [0.5, 0.6) is 0 Å². The maximum absolute atomic E-state index is 8.17. The number of nitrogens with zero attached hydrogens (tertiary/aromatic N) is 3. The van der Waals surface area contributed by atoms with E-state index in [1.165, 1.54) is 0 Å². The third-order valence-corrected chi connectivity index (χ3v) is 2.18. The second-order valence-electron chi connectivity index (χ2n) is 1.76.